The van der Waals surface area contributed by atoms with E-state index in [2.05, 4.69) is 6.92 Å². The number of rotatable bonds is 5. The van der Waals surface area contributed by atoms with E-state index in [1.165, 1.54) is 0 Å². The molecule has 0 aliphatic heterocycles. The Hall–Kier alpha value is 0.120. The molecule has 0 aliphatic carbocycles. The van der Waals surface area contributed by atoms with Crippen molar-refractivity contribution >= 4 is 23.2 Å². The summed E-state index contributed by atoms with van der Waals surface area (Å²) in [5.74, 6) is 0. The van der Waals surface area contributed by atoms with E-state index in [0.29, 0.717) is 6.61 Å². The minimum absolute atomic E-state index is 0.274. The van der Waals surface area contributed by atoms with Crippen molar-refractivity contribution in [3.63, 3.8) is 0 Å². The van der Waals surface area contributed by atoms with Crippen LogP contribution < -0.4 is 0 Å². The minimum atomic E-state index is -0.274. The molecule has 3 heteroatoms. The molecular formula is C7H11Cl2O. The predicted molar refractivity (Wildman–Crippen MR) is 45.2 cm³/mol. The maximum atomic E-state index is 5.47. The Morgan fingerprint density at radius 2 is 2.20 bits per heavy atom. The van der Waals surface area contributed by atoms with Gasteiger partial charge in [0.2, 0.25) is 0 Å². The highest BCUT2D eigenvalue weighted by molar-refractivity contribution is 6.44. The standard InChI is InChI=1S/C7H11Cl2O/c1-2-10-6-4-3-5-7(8)9/h4,6-7H,1-3,5H2. The third-order valence-corrected chi connectivity index (χ3v) is 1.30. The Morgan fingerprint density at radius 3 is 2.70 bits per heavy atom. The van der Waals surface area contributed by atoms with Gasteiger partial charge in [-0.15, -0.1) is 23.2 Å². The van der Waals surface area contributed by atoms with Crippen molar-refractivity contribution in [1.82, 2.24) is 0 Å². The Kier molecular flexibility index (Phi) is 7.32. The second-order valence-corrected chi connectivity index (χ2v) is 2.99. The SMILES string of the molecule is [CH2]COC=CCCC(Cl)Cl. The molecule has 10 heavy (non-hydrogen) atoms. The fraction of sp³-hybridized carbons (Fsp3) is 0.571. The molecule has 1 nitrogen and oxygen atoms in total. The van der Waals surface area contributed by atoms with Gasteiger partial charge in [0.25, 0.3) is 0 Å². The summed E-state index contributed by atoms with van der Waals surface area (Å²) in [7, 11) is 0. The monoisotopic (exact) mass is 181 g/mol. The number of halogens is 2. The zero-order valence-electron chi connectivity index (χ0n) is 5.72. The number of ether oxygens (including phenoxy) is 1. The quantitative estimate of drug-likeness (QED) is 0.469. The summed E-state index contributed by atoms with van der Waals surface area (Å²) in [5, 5.41) is 0. The summed E-state index contributed by atoms with van der Waals surface area (Å²) in [5.41, 5.74) is 0. The van der Waals surface area contributed by atoms with Crippen LogP contribution in [0.3, 0.4) is 0 Å². The van der Waals surface area contributed by atoms with E-state index in [0.717, 1.165) is 12.8 Å². The lowest BCUT2D eigenvalue weighted by molar-refractivity contribution is 0.286. The topological polar surface area (TPSA) is 9.23 Å². The Bertz CT molecular complexity index is 91.6. The van der Waals surface area contributed by atoms with Crippen LogP contribution in [0.1, 0.15) is 12.8 Å². The number of hydrogen-bond acceptors (Lipinski definition) is 1. The summed E-state index contributed by atoms with van der Waals surface area (Å²) in [4.78, 5) is -0.274. The van der Waals surface area contributed by atoms with E-state index in [1.807, 2.05) is 6.08 Å². The molecule has 0 spiro atoms. The van der Waals surface area contributed by atoms with Gasteiger partial charge in [0.05, 0.1) is 12.9 Å². The van der Waals surface area contributed by atoms with Crippen molar-refractivity contribution in [3.8, 4) is 0 Å². The number of alkyl halides is 2. The van der Waals surface area contributed by atoms with Gasteiger partial charge < -0.3 is 4.74 Å². The lowest BCUT2D eigenvalue weighted by atomic mass is 10.3. The molecule has 0 bridgehead atoms. The summed E-state index contributed by atoms with van der Waals surface area (Å²) in [6, 6.07) is 0. The molecule has 0 saturated heterocycles. The molecule has 59 valence electrons. The molecule has 0 aromatic carbocycles. The first-order chi connectivity index (χ1) is 4.77. The van der Waals surface area contributed by atoms with Gasteiger partial charge in [0.1, 0.15) is 4.84 Å². The fourth-order valence-electron chi connectivity index (χ4n) is 0.426. The molecule has 0 atom stereocenters. The molecule has 0 heterocycles. The van der Waals surface area contributed by atoms with Gasteiger partial charge in [0.15, 0.2) is 0 Å². The van der Waals surface area contributed by atoms with Crippen LogP contribution in [0.4, 0.5) is 0 Å². The van der Waals surface area contributed by atoms with Gasteiger partial charge in [-0.3, -0.25) is 0 Å². The summed E-state index contributed by atoms with van der Waals surface area (Å²) < 4.78 is 4.84. The average Bonchev–Trinajstić information content (AvgIpc) is 1.87. The number of allylic oxidation sites excluding steroid dienone is 1. The van der Waals surface area contributed by atoms with Gasteiger partial charge in [-0.2, -0.15) is 0 Å². The van der Waals surface area contributed by atoms with Crippen LogP contribution in [0, 0.1) is 6.92 Å². The fourth-order valence-corrected chi connectivity index (χ4v) is 0.678. The third-order valence-electron chi connectivity index (χ3n) is 0.862. The van der Waals surface area contributed by atoms with E-state index >= 15 is 0 Å². The van der Waals surface area contributed by atoms with E-state index in [4.69, 9.17) is 27.9 Å². The van der Waals surface area contributed by atoms with Gasteiger partial charge in [-0.25, -0.2) is 0 Å². The Morgan fingerprint density at radius 1 is 1.50 bits per heavy atom. The minimum Gasteiger partial charge on any atom is -0.502 e. The molecule has 0 saturated carbocycles. The molecule has 0 amide bonds. The predicted octanol–water partition coefficient (Wildman–Crippen LogP) is 2.93. The van der Waals surface area contributed by atoms with E-state index in [-0.39, 0.29) is 4.84 Å². The van der Waals surface area contributed by atoms with Crippen LogP contribution in [0.25, 0.3) is 0 Å². The Labute approximate surface area is 72.0 Å². The van der Waals surface area contributed by atoms with Gasteiger partial charge in [-0.1, -0.05) is 0 Å². The van der Waals surface area contributed by atoms with E-state index < -0.39 is 0 Å². The molecule has 0 unspecified atom stereocenters. The van der Waals surface area contributed by atoms with Crippen LogP contribution >= 0.6 is 23.2 Å². The maximum absolute atomic E-state index is 5.47. The molecule has 0 aromatic heterocycles. The van der Waals surface area contributed by atoms with E-state index in [9.17, 15) is 0 Å². The molecule has 0 aliphatic rings. The van der Waals surface area contributed by atoms with Crippen molar-refractivity contribution in [2.24, 2.45) is 0 Å². The first-order valence-corrected chi connectivity index (χ1v) is 3.98. The second-order valence-electron chi connectivity index (χ2n) is 1.71. The highest BCUT2D eigenvalue weighted by Crippen LogP contribution is 2.09. The van der Waals surface area contributed by atoms with Crippen LogP contribution in [0.2, 0.25) is 0 Å². The largest absolute Gasteiger partial charge is 0.502 e. The summed E-state index contributed by atoms with van der Waals surface area (Å²) >= 11 is 10.9. The van der Waals surface area contributed by atoms with Crippen LogP contribution in [-0.2, 0) is 4.74 Å². The highest BCUT2D eigenvalue weighted by Gasteiger charge is 1.93. The first-order valence-electron chi connectivity index (χ1n) is 3.11. The van der Waals surface area contributed by atoms with Crippen molar-refractivity contribution in [3.05, 3.63) is 19.3 Å². The normalized spacial score (nSPS) is 11.2. The van der Waals surface area contributed by atoms with Crippen LogP contribution in [0.15, 0.2) is 12.3 Å². The second kappa shape index (κ2) is 7.23. The molecule has 1 radical (unpaired) electrons. The van der Waals surface area contributed by atoms with Crippen molar-refractivity contribution < 1.29 is 4.74 Å². The smallest absolute Gasteiger partial charge is 0.108 e. The lowest BCUT2D eigenvalue weighted by Crippen LogP contribution is -1.84. The lowest BCUT2D eigenvalue weighted by Gasteiger charge is -1.95. The van der Waals surface area contributed by atoms with Crippen molar-refractivity contribution in [2.75, 3.05) is 6.61 Å². The maximum Gasteiger partial charge on any atom is 0.108 e. The molecular weight excluding hydrogens is 171 g/mol. The van der Waals surface area contributed by atoms with Crippen molar-refractivity contribution in [2.45, 2.75) is 17.7 Å². The van der Waals surface area contributed by atoms with Crippen molar-refractivity contribution in [1.29, 1.82) is 0 Å². The zero-order valence-corrected chi connectivity index (χ0v) is 7.24. The highest BCUT2D eigenvalue weighted by atomic mass is 35.5. The molecule has 0 N–H and O–H groups in total. The molecule has 0 rings (SSSR count). The third kappa shape index (κ3) is 8.12. The van der Waals surface area contributed by atoms with Gasteiger partial charge in [0, 0.05) is 0 Å². The van der Waals surface area contributed by atoms with Gasteiger partial charge in [-0.05, 0) is 25.8 Å². The van der Waals surface area contributed by atoms with E-state index in [1.54, 1.807) is 6.26 Å². The van der Waals surface area contributed by atoms with Crippen LogP contribution in [-0.4, -0.2) is 11.4 Å². The van der Waals surface area contributed by atoms with Gasteiger partial charge >= 0.3 is 0 Å². The first kappa shape index (κ1) is 10.1. The molecule has 0 fully saturated rings. The Balaban J connectivity index is 3.02. The number of hydrogen-bond donors (Lipinski definition) is 0. The average molecular weight is 182 g/mol. The summed E-state index contributed by atoms with van der Waals surface area (Å²) in [6.45, 7) is 3.95. The zero-order chi connectivity index (χ0) is 7.82. The summed E-state index contributed by atoms with van der Waals surface area (Å²) in [6.07, 6.45) is 5.10. The van der Waals surface area contributed by atoms with Crippen LogP contribution in [0.5, 0.6) is 0 Å². The molecule has 0 aromatic rings.